The number of aliphatic hydroxyl groups excluding tert-OH is 1. The Kier molecular flexibility index (Phi) is 3.91. The predicted molar refractivity (Wildman–Crippen MR) is 40.3 cm³/mol. The SMILES string of the molecule is C/C=C/[C@](O)(C=N)CCO. The van der Waals surface area contributed by atoms with Crippen LogP contribution >= 0.6 is 0 Å². The van der Waals surface area contributed by atoms with Gasteiger partial charge < -0.3 is 15.6 Å². The Morgan fingerprint density at radius 1 is 1.60 bits per heavy atom. The zero-order valence-electron chi connectivity index (χ0n) is 6.04. The van der Waals surface area contributed by atoms with Gasteiger partial charge >= 0.3 is 0 Å². The molecule has 0 aromatic carbocycles. The number of hydrogen-bond donors (Lipinski definition) is 3. The fourth-order valence-corrected chi connectivity index (χ4v) is 0.671. The monoisotopic (exact) mass is 143 g/mol. The molecule has 0 fully saturated rings. The summed E-state index contributed by atoms with van der Waals surface area (Å²) >= 11 is 0. The van der Waals surface area contributed by atoms with Crippen molar-refractivity contribution < 1.29 is 10.2 Å². The molecule has 0 saturated carbocycles. The molecule has 3 N–H and O–H groups in total. The van der Waals surface area contributed by atoms with Crippen molar-refractivity contribution in [2.75, 3.05) is 6.61 Å². The summed E-state index contributed by atoms with van der Waals surface area (Å²) in [6, 6.07) is 0. The summed E-state index contributed by atoms with van der Waals surface area (Å²) in [4.78, 5) is 0. The number of nitrogens with one attached hydrogen (secondary N) is 1. The van der Waals surface area contributed by atoms with Gasteiger partial charge in [0.1, 0.15) is 5.60 Å². The van der Waals surface area contributed by atoms with Crippen molar-refractivity contribution in [2.24, 2.45) is 0 Å². The van der Waals surface area contributed by atoms with Crippen LogP contribution in [0.2, 0.25) is 0 Å². The van der Waals surface area contributed by atoms with Crippen molar-refractivity contribution in [3.63, 3.8) is 0 Å². The van der Waals surface area contributed by atoms with Gasteiger partial charge in [-0.25, -0.2) is 0 Å². The molecule has 0 saturated heterocycles. The molecule has 0 bridgehead atoms. The topological polar surface area (TPSA) is 64.3 Å². The van der Waals surface area contributed by atoms with Gasteiger partial charge in [-0.1, -0.05) is 12.2 Å². The van der Waals surface area contributed by atoms with Gasteiger partial charge in [0.2, 0.25) is 0 Å². The van der Waals surface area contributed by atoms with E-state index in [1.165, 1.54) is 6.08 Å². The third-order valence-electron chi connectivity index (χ3n) is 1.22. The maximum atomic E-state index is 9.33. The van der Waals surface area contributed by atoms with Crippen molar-refractivity contribution in [1.29, 1.82) is 5.41 Å². The lowest BCUT2D eigenvalue weighted by Gasteiger charge is -2.16. The number of allylic oxidation sites excluding steroid dienone is 1. The number of aliphatic hydroxyl groups is 2. The lowest BCUT2D eigenvalue weighted by atomic mass is 10.0. The minimum Gasteiger partial charge on any atom is -0.396 e. The van der Waals surface area contributed by atoms with E-state index < -0.39 is 5.60 Å². The van der Waals surface area contributed by atoms with Gasteiger partial charge in [-0.2, -0.15) is 0 Å². The van der Waals surface area contributed by atoms with E-state index >= 15 is 0 Å². The number of rotatable bonds is 4. The van der Waals surface area contributed by atoms with Crippen LogP contribution in [0, 0.1) is 5.41 Å². The molecule has 0 aromatic rings. The lowest BCUT2D eigenvalue weighted by Crippen LogP contribution is -2.28. The molecular formula is C7H13NO2. The maximum Gasteiger partial charge on any atom is 0.119 e. The van der Waals surface area contributed by atoms with Crippen molar-refractivity contribution in [1.82, 2.24) is 0 Å². The van der Waals surface area contributed by atoms with Crippen LogP contribution < -0.4 is 0 Å². The van der Waals surface area contributed by atoms with Gasteiger partial charge in [-0.3, -0.25) is 0 Å². The molecule has 3 heteroatoms. The molecule has 0 aliphatic carbocycles. The second kappa shape index (κ2) is 4.19. The normalized spacial score (nSPS) is 17.1. The Hall–Kier alpha value is -0.670. The van der Waals surface area contributed by atoms with E-state index in [0.29, 0.717) is 0 Å². The molecule has 1 atom stereocenters. The molecular weight excluding hydrogens is 130 g/mol. The van der Waals surface area contributed by atoms with E-state index in [-0.39, 0.29) is 13.0 Å². The van der Waals surface area contributed by atoms with Gasteiger partial charge in [0, 0.05) is 19.2 Å². The van der Waals surface area contributed by atoms with Gasteiger partial charge in [0.05, 0.1) is 0 Å². The third-order valence-corrected chi connectivity index (χ3v) is 1.22. The molecule has 58 valence electrons. The van der Waals surface area contributed by atoms with E-state index in [1.54, 1.807) is 13.0 Å². The Morgan fingerprint density at radius 3 is 2.50 bits per heavy atom. The largest absolute Gasteiger partial charge is 0.396 e. The van der Waals surface area contributed by atoms with Gasteiger partial charge in [0.25, 0.3) is 0 Å². The highest BCUT2D eigenvalue weighted by Crippen LogP contribution is 2.07. The van der Waals surface area contributed by atoms with E-state index in [9.17, 15) is 5.11 Å². The Bertz CT molecular complexity index is 134. The molecule has 0 radical (unpaired) electrons. The minimum absolute atomic E-state index is 0.115. The number of hydrogen-bond acceptors (Lipinski definition) is 3. The van der Waals surface area contributed by atoms with Crippen molar-refractivity contribution in [3.05, 3.63) is 12.2 Å². The highest BCUT2D eigenvalue weighted by Gasteiger charge is 2.17. The summed E-state index contributed by atoms with van der Waals surface area (Å²) in [5, 5.41) is 24.6. The molecule has 0 heterocycles. The van der Waals surface area contributed by atoms with Crippen molar-refractivity contribution >= 4 is 6.21 Å². The first-order valence-electron chi connectivity index (χ1n) is 3.17. The molecule has 0 amide bonds. The average molecular weight is 143 g/mol. The zero-order chi connectivity index (χ0) is 8.04. The molecule has 0 unspecified atom stereocenters. The van der Waals surface area contributed by atoms with Crippen LogP contribution in [0.3, 0.4) is 0 Å². The first kappa shape index (κ1) is 9.33. The first-order valence-corrected chi connectivity index (χ1v) is 3.17. The van der Waals surface area contributed by atoms with Crippen LogP contribution in [0.25, 0.3) is 0 Å². The quantitative estimate of drug-likeness (QED) is 0.392. The molecule has 0 aliphatic heterocycles. The predicted octanol–water partition coefficient (Wildman–Crippen LogP) is 0.326. The van der Waals surface area contributed by atoms with Crippen LogP contribution in [0.4, 0.5) is 0 Å². The second-order valence-corrected chi connectivity index (χ2v) is 2.11. The third kappa shape index (κ3) is 2.75. The summed E-state index contributed by atoms with van der Waals surface area (Å²) in [6.07, 6.45) is 4.24. The van der Waals surface area contributed by atoms with Crippen LogP contribution in [0.5, 0.6) is 0 Å². The molecule has 0 spiro atoms. The maximum absolute atomic E-state index is 9.33. The molecule has 10 heavy (non-hydrogen) atoms. The minimum atomic E-state index is -1.25. The summed E-state index contributed by atoms with van der Waals surface area (Å²) in [5.74, 6) is 0. The average Bonchev–Trinajstić information content (AvgIpc) is 1.89. The summed E-state index contributed by atoms with van der Waals surface area (Å²) in [6.45, 7) is 1.64. The summed E-state index contributed by atoms with van der Waals surface area (Å²) < 4.78 is 0. The van der Waals surface area contributed by atoms with Crippen molar-refractivity contribution in [3.8, 4) is 0 Å². The van der Waals surface area contributed by atoms with Crippen molar-refractivity contribution in [2.45, 2.75) is 18.9 Å². The molecule has 0 aromatic heterocycles. The van der Waals surface area contributed by atoms with Crippen LogP contribution in [0.1, 0.15) is 13.3 Å². The van der Waals surface area contributed by atoms with Gasteiger partial charge in [-0.05, 0) is 6.92 Å². The summed E-state index contributed by atoms with van der Waals surface area (Å²) in [5.41, 5.74) is -1.25. The zero-order valence-corrected chi connectivity index (χ0v) is 6.04. The second-order valence-electron chi connectivity index (χ2n) is 2.11. The highest BCUT2D eigenvalue weighted by molar-refractivity contribution is 5.68. The Labute approximate surface area is 60.5 Å². The van der Waals surface area contributed by atoms with Gasteiger partial charge in [-0.15, -0.1) is 0 Å². The standard InChI is InChI=1S/C7H13NO2/c1-2-3-7(10,6-8)4-5-9/h2-3,6,8-10H,4-5H2,1H3/b3-2+,8-6?/t7-/m1/s1. The van der Waals surface area contributed by atoms with Gasteiger partial charge in [0.15, 0.2) is 0 Å². The highest BCUT2D eigenvalue weighted by atomic mass is 16.3. The molecule has 0 aliphatic rings. The lowest BCUT2D eigenvalue weighted by molar-refractivity contribution is 0.126. The van der Waals surface area contributed by atoms with Crippen LogP contribution in [0.15, 0.2) is 12.2 Å². The van der Waals surface area contributed by atoms with E-state index in [1.807, 2.05) is 0 Å². The fraction of sp³-hybridized carbons (Fsp3) is 0.571. The smallest absolute Gasteiger partial charge is 0.119 e. The fourth-order valence-electron chi connectivity index (χ4n) is 0.671. The van der Waals surface area contributed by atoms with Crippen LogP contribution in [-0.4, -0.2) is 28.6 Å². The molecule has 3 nitrogen and oxygen atoms in total. The Balaban J connectivity index is 4.07. The van der Waals surface area contributed by atoms with E-state index in [0.717, 1.165) is 6.21 Å². The van der Waals surface area contributed by atoms with E-state index in [4.69, 9.17) is 10.5 Å². The van der Waals surface area contributed by atoms with Crippen LogP contribution in [-0.2, 0) is 0 Å². The Morgan fingerprint density at radius 2 is 2.20 bits per heavy atom. The molecule has 0 rings (SSSR count). The summed E-state index contributed by atoms with van der Waals surface area (Å²) in [7, 11) is 0. The van der Waals surface area contributed by atoms with E-state index in [2.05, 4.69) is 0 Å². The first-order chi connectivity index (χ1) is 4.68.